The van der Waals surface area contributed by atoms with Crippen LogP contribution in [-0.4, -0.2) is 41.5 Å². The molecule has 5 heteroatoms. The summed E-state index contributed by atoms with van der Waals surface area (Å²) in [7, 11) is 0. The first-order chi connectivity index (χ1) is 8.69. The molecule has 0 bridgehead atoms. The van der Waals surface area contributed by atoms with Crippen LogP contribution in [0, 0.1) is 5.92 Å². The van der Waals surface area contributed by atoms with Crippen LogP contribution in [0.2, 0.25) is 0 Å². The second kappa shape index (κ2) is 6.37. The number of imide groups is 1. The van der Waals surface area contributed by atoms with Crippen LogP contribution in [0.5, 0.6) is 0 Å². The van der Waals surface area contributed by atoms with E-state index >= 15 is 0 Å². The van der Waals surface area contributed by atoms with E-state index in [0.29, 0.717) is 5.92 Å². The quantitative estimate of drug-likeness (QED) is 0.802. The Morgan fingerprint density at radius 3 is 2.47 bits per heavy atom. The zero-order valence-corrected chi connectivity index (χ0v) is 12.7. The summed E-state index contributed by atoms with van der Waals surface area (Å²) in [6, 6.07) is -0.678. The minimum atomic E-state index is -0.422. The van der Waals surface area contributed by atoms with E-state index in [-0.39, 0.29) is 17.5 Å². The average molecular weight is 269 g/mol. The van der Waals surface area contributed by atoms with Gasteiger partial charge >= 0.3 is 6.03 Å². The fourth-order valence-electron chi connectivity index (χ4n) is 2.33. The number of nitrogens with zero attached hydrogens (tertiary/aromatic N) is 1. The van der Waals surface area contributed by atoms with Crippen molar-refractivity contribution >= 4 is 11.9 Å². The minimum absolute atomic E-state index is 0.226. The lowest BCUT2D eigenvalue weighted by atomic mass is 9.99. The van der Waals surface area contributed by atoms with Crippen LogP contribution in [-0.2, 0) is 4.79 Å². The SMILES string of the molecule is C[C@@H]1CCCN([C@@H](C)C(=O)NC(=O)NC(C)(C)C)C1. The first kappa shape index (κ1) is 16.0. The van der Waals surface area contributed by atoms with E-state index in [1.165, 1.54) is 6.42 Å². The van der Waals surface area contributed by atoms with Crippen molar-refractivity contribution in [3.8, 4) is 0 Å². The smallest absolute Gasteiger partial charge is 0.321 e. The van der Waals surface area contributed by atoms with Crippen LogP contribution in [0.15, 0.2) is 0 Å². The van der Waals surface area contributed by atoms with Gasteiger partial charge in [-0.25, -0.2) is 4.79 Å². The Morgan fingerprint density at radius 2 is 1.95 bits per heavy atom. The fraction of sp³-hybridized carbons (Fsp3) is 0.857. The van der Waals surface area contributed by atoms with E-state index in [1.54, 1.807) is 0 Å². The number of amides is 3. The van der Waals surface area contributed by atoms with Crippen molar-refractivity contribution in [2.45, 2.75) is 59.0 Å². The van der Waals surface area contributed by atoms with Gasteiger partial charge in [-0.1, -0.05) is 6.92 Å². The molecular formula is C14H27N3O2. The summed E-state index contributed by atoms with van der Waals surface area (Å²) in [5.74, 6) is 0.392. The van der Waals surface area contributed by atoms with Crippen LogP contribution >= 0.6 is 0 Å². The van der Waals surface area contributed by atoms with Crippen LogP contribution in [0.3, 0.4) is 0 Å². The number of hydrogen-bond acceptors (Lipinski definition) is 3. The minimum Gasteiger partial charge on any atom is -0.333 e. The van der Waals surface area contributed by atoms with Gasteiger partial charge in [0.1, 0.15) is 0 Å². The van der Waals surface area contributed by atoms with Gasteiger partial charge in [0.15, 0.2) is 0 Å². The van der Waals surface area contributed by atoms with Crippen molar-refractivity contribution in [1.29, 1.82) is 0 Å². The highest BCUT2D eigenvalue weighted by molar-refractivity contribution is 5.97. The van der Waals surface area contributed by atoms with Gasteiger partial charge in [0.25, 0.3) is 0 Å². The van der Waals surface area contributed by atoms with Gasteiger partial charge in [-0.05, 0) is 53.0 Å². The first-order valence-electron chi connectivity index (χ1n) is 7.06. The number of nitrogens with one attached hydrogen (secondary N) is 2. The maximum absolute atomic E-state index is 12.0. The molecule has 1 aliphatic heterocycles. The van der Waals surface area contributed by atoms with Crippen LogP contribution in [0.1, 0.15) is 47.5 Å². The number of urea groups is 1. The maximum Gasteiger partial charge on any atom is 0.321 e. The van der Waals surface area contributed by atoms with Crippen molar-refractivity contribution in [3.05, 3.63) is 0 Å². The van der Waals surface area contributed by atoms with Crippen molar-refractivity contribution in [3.63, 3.8) is 0 Å². The molecule has 110 valence electrons. The molecule has 2 N–H and O–H groups in total. The second-order valence-electron chi connectivity index (χ2n) is 6.61. The first-order valence-corrected chi connectivity index (χ1v) is 7.06. The molecule has 0 aliphatic carbocycles. The summed E-state index contributed by atoms with van der Waals surface area (Å²) in [6.07, 6.45) is 2.34. The fourth-order valence-corrected chi connectivity index (χ4v) is 2.33. The molecule has 0 aromatic rings. The predicted octanol–water partition coefficient (Wildman–Crippen LogP) is 1.73. The van der Waals surface area contributed by atoms with Crippen molar-refractivity contribution in [2.24, 2.45) is 5.92 Å². The van der Waals surface area contributed by atoms with E-state index in [9.17, 15) is 9.59 Å². The summed E-state index contributed by atoms with van der Waals surface area (Å²) < 4.78 is 0. The molecule has 1 heterocycles. The third-order valence-electron chi connectivity index (χ3n) is 3.34. The molecule has 3 amide bonds. The van der Waals surface area contributed by atoms with Crippen molar-refractivity contribution < 1.29 is 9.59 Å². The Hall–Kier alpha value is -1.10. The van der Waals surface area contributed by atoms with Gasteiger partial charge in [0.2, 0.25) is 5.91 Å². The van der Waals surface area contributed by atoms with Gasteiger partial charge in [-0.3, -0.25) is 15.0 Å². The third-order valence-corrected chi connectivity index (χ3v) is 3.34. The third kappa shape index (κ3) is 5.59. The zero-order valence-electron chi connectivity index (χ0n) is 12.7. The van der Waals surface area contributed by atoms with Crippen LogP contribution < -0.4 is 10.6 Å². The van der Waals surface area contributed by atoms with Crippen molar-refractivity contribution in [1.82, 2.24) is 15.5 Å². The average Bonchev–Trinajstić information content (AvgIpc) is 2.25. The Balaban J connectivity index is 2.46. The van der Waals surface area contributed by atoms with Crippen molar-refractivity contribution in [2.75, 3.05) is 13.1 Å². The van der Waals surface area contributed by atoms with E-state index in [4.69, 9.17) is 0 Å². The Bertz CT molecular complexity index is 336. The van der Waals surface area contributed by atoms with E-state index in [0.717, 1.165) is 19.5 Å². The van der Waals surface area contributed by atoms with Gasteiger partial charge < -0.3 is 5.32 Å². The van der Waals surface area contributed by atoms with Gasteiger partial charge in [-0.15, -0.1) is 0 Å². The highest BCUT2D eigenvalue weighted by atomic mass is 16.2. The molecule has 19 heavy (non-hydrogen) atoms. The number of hydrogen-bond donors (Lipinski definition) is 2. The number of likely N-dealkylation sites (tertiary alicyclic amines) is 1. The van der Waals surface area contributed by atoms with E-state index < -0.39 is 6.03 Å². The molecule has 1 rings (SSSR count). The van der Waals surface area contributed by atoms with Crippen LogP contribution in [0.4, 0.5) is 4.79 Å². The lowest BCUT2D eigenvalue weighted by Crippen LogP contribution is -2.54. The summed E-state index contributed by atoms with van der Waals surface area (Å²) in [5, 5.41) is 5.14. The molecule has 0 aromatic carbocycles. The zero-order chi connectivity index (χ0) is 14.6. The summed E-state index contributed by atoms with van der Waals surface area (Å²) in [5.41, 5.74) is -0.340. The second-order valence-corrected chi connectivity index (χ2v) is 6.61. The topological polar surface area (TPSA) is 61.4 Å². The Kier molecular flexibility index (Phi) is 5.35. The normalized spacial score (nSPS) is 22.7. The molecule has 2 atom stereocenters. The molecule has 0 saturated carbocycles. The molecule has 0 unspecified atom stereocenters. The molecule has 1 saturated heterocycles. The number of carbonyl (C=O) groups excluding carboxylic acids is 2. The lowest BCUT2D eigenvalue weighted by Gasteiger charge is -2.34. The van der Waals surface area contributed by atoms with E-state index in [1.807, 2.05) is 27.7 Å². The molecule has 0 aromatic heterocycles. The molecular weight excluding hydrogens is 242 g/mol. The standard InChI is InChI=1S/C14H27N3O2/c1-10-7-6-8-17(9-10)11(2)12(18)15-13(19)16-14(3,4)5/h10-11H,6-9H2,1-5H3,(H2,15,16,18,19)/t10-,11+/m1/s1. The largest absolute Gasteiger partial charge is 0.333 e. The van der Waals surface area contributed by atoms with Gasteiger partial charge in [0.05, 0.1) is 6.04 Å². The highest BCUT2D eigenvalue weighted by Gasteiger charge is 2.27. The van der Waals surface area contributed by atoms with Gasteiger partial charge in [-0.2, -0.15) is 0 Å². The number of rotatable bonds is 2. The maximum atomic E-state index is 12.0. The molecule has 1 fully saturated rings. The monoisotopic (exact) mass is 269 g/mol. The van der Waals surface area contributed by atoms with Crippen LogP contribution in [0.25, 0.3) is 0 Å². The summed E-state index contributed by atoms with van der Waals surface area (Å²) in [6.45, 7) is 11.6. The molecule has 0 spiro atoms. The summed E-state index contributed by atoms with van der Waals surface area (Å²) >= 11 is 0. The number of carbonyl (C=O) groups is 2. The number of piperidine rings is 1. The van der Waals surface area contributed by atoms with Gasteiger partial charge in [0, 0.05) is 12.1 Å². The summed E-state index contributed by atoms with van der Waals surface area (Å²) in [4.78, 5) is 25.8. The predicted molar refractivity (Wildman–Crippen MR) is 75.9 cm³/mol. The molecule has 5 nitrogen and oxygen atoms in total. The molecule has 0 radical (unpaired) electrons. The van der Waals surface area contributed by atoms with E-state index in [2.05, 4.69) is 22.5 Å². The Morgan fingerprint density at radius 1 is 1.32 bits per heavy atom. The Labute approximate surface area is 116 Å². The highest BCUT2D eigenvalue weighted by Crippen LogP contribution is 2.17. The lowest BCUT2D eigenvalue weighted by molar-refractivity contribution is -0.125. The molecule has 1 aliphatic rings.